The Morgan fingerprint density at radius 1 is 0.457 bits per heavy atom. The molecular formula is C29H54O6. The minimum Gasteiger partial charge on any atom is -0.355 e. The first kappa shape index (κ1) is 29.3. The Labute approximate surface area is 215 Å². The van der Waals surface area contributed by atoms with E-state index < -0.39 is 6.29 Å². The van der Waals surface area contributed by atoms with Gasteiger partial charge in [-0.25, -0.2) is 0 Å². The molecule has 0 aromatic heterocycles. The van der Waals surface area contributed by atoms with Crippen molar-refractivity contribution in [3.05, 3.63) is 0 Å². The molecule has 0 aliphatic carbocycles. The van der Waals surface area contributed by atoms with E-state index in [1.807, 2.05) is 0 Å². The summed E-state index contributed by atoms with van der Waals surface area (Å²) in [5, 5.41) is 0. The molecule has 0 aromatic carbocycles. The maximum absolute atomic E-state index is 6.90. The second-order valence-corrected chi connectivity index (χ2v) is 11.8. The summed E-state index contributed by atoms with van der Waals surface area (Å²) in [5.74, 6) is 2.34. The van der Waals surface area contributed by atoms with Crippen molar-refractivity contribution in [1.82, 2.24) is 0 Å². The first-order valence-electron chi connectivity index (χ1n) is 14.4. The van der Waals surface area contributed by atoms with Gasteiger partial charge in [0.1, 0.15) is 6.10 Å². The van der Waals surface area contributed by atoms with Gasteiger partial charge in [-0.15, -0.1) is 0 Å². The summed E-state index contributed by atoms with van der Waals surface area (Å²) in [6, 6.07) is 0. The number of hydrogen-bond donors (Lipinski definition) is 0. The SMILES string of the molecule is CCC1O[C@H](OC2[C@@H](O[C@@H]3C(C)[C@H](OC)OC(CC)[C@H]3C)OC(CC)[C@@H](C)[C@@H]2C)C(C)[C@@H](C)[C@@H]1C. The lowest BCUT2D eigenvalue weighted by Gasteiger charge is -2.51. The maximum atomic E-state index is 6.90. The zero-order chi connectivity index (χ0) is 26.0. The molecule has 3 saturated heterocycles. The Hall–Kier alpha value is -0.240. The van der Waals surface area contributed by atoms with Crippen LogP contribution in [-0.4, -0.2) is 56.5 Å². The van der Waals surface area contributed by atoms with Gasteiger partial charge in [-0.3, -0.25) is 0 Å². The molecule has 3 fully saturated rings. The largest absolute Gasteiger partial charge is 0.355 e. The minimum atomic E-state index is -0.445. The lowest BCUT2D eigenvalue weighted by atomic mass is 9.78. The fourth-order valence-corrected chi connectivity index (χ4v) is 6.70. The molecule has 3 aliphatic heterocycles. The van der Waals surface area contributed by atoms with Crippen LogP contribution in [0, 0.1) is 41.4 Å². The fourth-order valence-electron chi connectivity index (χ4n) is 6.70. The molecule has 0 radical (unpaired) electrons. The molecule has 15 atom stereocenters. The van der Waals surface area contributed by atoms with Crippen molar-refractivity contribution in [2.75, 3.05) is 7.11 Å². The van der Waals surface area contributed by atoms with Gasteiger partial charge >= 0.3 is 0 Å². The molecule has 0 aromatic rings. The van der Waals surface area contributed by atoms with Crippen LogP contribution in [0.25, 0.3) is 0 Å². The van der Waals surface area contributed by atoms with Crippen LogP contribution >= 0.6 is 0 Å². The van der Waals surface area contributed by atoms with Gasteiger partial charge < -0.3 is 28.4 Å². The highest BCUT2D eigenvalue weighted by Gasteiger charge is 2.50. The third-order valence-corrected chi connectivity index (χ3v) is 9.88. The van der Waals surface area contributed by atoms with E-state index in [-0.39, 0.29) is 60.9 Å². The predicted octanol–water partition coefficient (Wildman–Crippen LogP) is 6.26. The van der Waals surface area contributed by atoms with Gasteiger partial charge in [0.25, 0.3) is 0 Å². The van der Waals surface area contributed by atoms with Gasteiger partial charge in [0.15, 0.2) is 18.9 Å². The van der Waals surface area contributed by atoms with Gasteiger partial charge in [0, 0.05) is 24.9 Å². The summed E-state index contributed by atoms with van der Waals surface area (Å²) in [5.41, 5.74) is 0. The van der Waals surface area contributed by atoms with Crippen molar-refractivity contribution in [1.29, 1.82) is 0 Å². The van der Waals surface area contributed by atoms with Gasteiger partial charge in [-0.05, 0) is 42.9 Å². The van der Waals surface area contributed by atoms with E-state index in [0.717, 1.165) is 19.3 Å². The molecule has 0 N–H and O–H groups in total. The zero-order valence-corrected chi connectivity index (χ0v) is 24.2. The predicted molar refractivity (Wildman–Crippen MR) is 138 cm³/mol. The third-order valence-electron chi connectivity index (χ3n) is 9.88. The molecule has 6 unspecified atom stereocenters. The number of rotatable bonds is 8. The van der Waals surface area contributed by atoms with Crippen LogP contribution in [0.3, 0.4) is 0 Å². The fraction of sp³-hybridized carbons (Fsp3) is 1.00. The Balaban J connectivity index is 1.85. The lowest BCUT2D eigenvalue weighted by Crippen LogP contribution is -2.58. The normalized spacial score (nSPS) is 51.3. The lowest BCUT2D eigenvalue weighted by molar-refractivity contribution is -0.360. The molecule has 6 heteroatoms. The Morgan fingerprint density at radius 3 is 1.46 bits per heavy atom. The summed E-state index contributed by atoms with van der Waals surface area (Å²) >= 11 is 0. The van der Waals surface area contributed by atoms with Crippen molar-refractivity contribution in [2.45, 2.75) is 138 Å². The number of methoxy groups -OCH3 is 1. The standard InChI is InChI=1S/C29H54O6/c1-12-22-16(5)15(4)19(8)28(32-22)35-26-18(7)17(6)23(13-2)33-29(26)34-25-20(9)24(14-3)31-27(30-11)21(25)10/h15-29H,12-14H2,1-11H3/t15-,16-,17-,18-,19?,20+,21?,22?,23?,24?,25-,26?,27+,28+,29+/m0/s1. The van der Waals surface area contributed by atoms with Crippen LogP contribution in [0.1, 0.15) is 88.5 Å². The third kappa shape index (κ3) is 5.93. The highest BCUT2D eigenvalue weighted by Crippen LogP contribution is 2.43. The topological polar surface area (TPSA) is 55.4 Å². The molecular weight excluding hydrogens is 444 g/mol. The van der Waals surface area contributed by atoms with Gasteiger partial charge in [0.05, 0.1) is 24.4 Å². The minimum absolute atomic E-state index is 0.0418. The highest BCUT2D eigenvalue weighted by molar-refractivity contribution is 4.91. The quantitative estimate of drug-likeness (QED) is 0.394. The monoisotopic (exact) mass is 498 g/mol. The van der Waals surface area contributed by atoms with Crippen molar-refractivity contribution < 1.29 is 28.4 Å². The number of hydrogen-bond acceptors (Lipinski definition) is 6. The molecule has 206 valence electrons. The Bertz CT molecular complexity index is 627. The van der Waals surface area contributed by atoms with Crippen LogP contribution in [-0.2, 0) is 28.4 Å². The molecule has 0 bridgehead atoms. The van der Waals surface area contributed by atoms with E-state index in [2.05, 4.69) is 69.2 Å². The van der Waals surface area contributed by atoms with E-state index in [1.165, 1.54) is 0 Å². The van der Waals surface area contributed by atoms with E-state index in [0.29, 0.717) is 23.7 Å². The molecule has 3 heterocycles. The zero-order valence-electron chi connectivity index (χ0n) is 24.2. The summed E-state index contributed by atoms with van der Waals surface area (Å²) in [6.07, 6.45) is 2.12. The van der Waals surface area contributed by atoms with Crippen molar-refractivity contribution in [3.8, 4) is 0 Å². The molecule has 3 rings (SSSR count). The molecule has 0 spiro atoms. The smallest absolute Gasteiger partial charge is 0.184 e. The van der Waals surface area contributed by atoms with Gasteiger partial charge in [0.2, 0.25) is 0 Å². The van der Waals surface area contributed by atoms with Crippen LogP contribution in [0.15, 0.2) is 0 Å². The molecule has 0 saturated carbocycles. The highest BCUT2D eigenvalue weighted by atomic mass is 16.7. The van der Waals surface area contributed by atoms with Gasteiger partial charge in [-0.2, -0.15) is 0 Å². The summed E-state index contributed by atoms with van der Waals surface area (Å²) in [4.78, 5) is 0. The van der Waals surface area contributed by atoms with E-state index in [9.17, 15) is 0 Å². The molecule has 6 nitrogen and oxygen atoms in total. The van der Waals surface area contributed by atoms with Gasteiger partial charge in [-0.1, -0.05) is 69.2 Å². The Kier molecular flexibility index (Phi) is 10.5. The average molecular weight is 499 g/mol. The van der Waals surface area contributed by atoms with Crippen LogP contribution in [0.4, 0.5) is 0 Å². The molecule has 3 aliphatic rings. The summed E-state index contributed by atoms with van der Waals surface area (Å²) in [6.45, 7) is 22.4. The summed E-state index contributed by atoms with van der Waals surface area (Å²) in [7, 11) is 1.72. The van der Waals surface area contributed by atoms with Crippen LogP contribution in [0.5, 0.6) is 0 Å². The van der Waals surface area contributed by atoms with Crippen LogP contribution < -0.4 is 0 Å². The Morgan fingerprint density at radius 2 is 0.914 bits per heavy atom. The number of ether oxygens (including phenoxy) is 6. The maximum Gasteiger partial charge on any atom is 0.184 e. The summed E-state index contributed by atoms with van der Waals surface area (Å²) < 4.78 is 38.9. The van der Waals surface area contributed by atoms with Crippen molar-refractivity contribution in [3.63, 3.8) is 0 Å². The van der Waals surface area contributed by atoms with E-state index in [1.54, 1.807) is 7.11 Å². The molecule has 35 heavy (non-hydrogen) atoms. The second kappa shape index (κ2) is 12.5. The van der Waals surface area contributed by atoms with E-state index >= 15 is 0 Å². The second-order valence-electron chi connectivity index (χ2n) is 11.8. The average Bonchev–Trinajstić information content (AvgIpc) is 2.85. The van der Waals surface area contributed by atoms with Crippen LogP contribution in [0.2, 0.25) is 0 Å². The van der Waals surface area contributed by atoms with E-state index in [4.69, 9.17) is 28.4 Å². The first-order chi connectivity index (χ1) is 16.6. The van der Waals surface area contributed by atoms with Crippen molar-refractivity contribution in [2.24, 2.45) is 41.4 Å². The van der Waals surface area contributed by atoms with Crippen molar-refractivity contribution >= 4 is 0 Å². The first-order valence-corrected chi connectivity index (χ1v) is 14.4. The molecule has 0 amide bonds.